The van der Waals surface area contributed by atoms with Crippen LogP contribution in [0.3, 0.4) is 0 Å². The molecule has 0 spiro atoms. The van der Waals surface area contributed by atoms with Gasteiger partial charge in [-0.2, -0.15) is 4.31 Å². The first-order valence-electron chi connectivity index (χ1n) is 5.39. The molecule has 2 rings (SSSR count). The van der Waals surface area contributed by atoms with Crippen molar-refractivity contribution >= 4 is 10.0 Å². The Bertz CT molecular complexity index is 311. The summed E-state index contributed by atoms with van der Waals surface area (Å²) in [6.07, 6.45) is 1.66. The second-order valence-corrected chi connectivity index (χ2v) is 6.37. The van der Waals surface area contributed by atoms with Gasteiger partial charge in [-0.1, -0.05) is 0 Å². The number of sulfonamides is 1. The number of hydrogen-bond donors (Lipinski definition) is 1. The number of likely N-dealkylation sites (N-methyl/N-ethyl adjacent to an activating group) is 1. The summed E-state index contributed by atoms with van der Waals surface area (Å²) >= 11 is 0. The van der Waals surface area contributed by atoms with Crippen LogP contribution in [-0.2, 0) is 14.8 Å². The van der Waals surface area contributed by atoms with E-state index in [4.69, 9.17) is 4.74 Å². The van der Waals surface area contributed by atoms with Crippen LogP contribution in [0.25, 0.3) is 0 Å². The molecule has 2 aliphatic rings. The Morgan fingerprint density at radius 1 is 1.47 bits per heavy atom. The Morgan fingerprint density at radius 2 is 2.20 bits per heavy atom. The number of nitrogens with one attached hydrogen (secondary N) is 1. The smallest absolute Gasteiger partial charge is 0.217 e. The lowest BCUT2D eigenvalue weighted by Gasteiger charge is -2.32. The van der Waals surface area contributed by atoms with Gasteiger partial charge in [0.15, 0.2) is 0 Å². The van der Waals surface area contributed by atoms with Crippen LogP contribution < -0.4 is 5.32 Å². The van der Waals surface area contributed by atoms with Crippen LogP contribution in [0.15, 0.2) is 0 Å². The van der Waals surface area contributed by atoms with Crippen LogP contribution in [-0.4, -0.2) is 57.4 Å². The van der Waals surface area contributed by atoms with Crippen molar-refractivity contribution in [2.75, 3.05) is 33.3 Å². The van der Waals surface area contributed by atoms with Crippen LogP contribution >= 0.6 is 0 Å². The van der Waals surface area contributed by atoms with Crippen molar-refractivity contribution in [2.24, 2.45) is 0 Å². The number of hydrogen-bond acceptors (Lipinski definition) is 4. The average molecular weight is 234 g/mol. The fourth-order valence-electron chi connectivity index (χ4n) is 1.85. The molecular formula is C9H18N2O3S. The zero-order valence-corrected chi connectivity index (χ0v) is 9.79. The molecule has 2 fully saturated rings. The molecule has 1 saturated heterocycles. The third kappa shape index (κ3) is 2.50. The molecule has 0 aromatic heterocycles. The summed E-state index contributed by atoms with van der Waals surface area (Å²) in [6.45, 7) is 2.23. The molecule has 15 heavy (non-hydrogen) atoms. The van der Waals surface area contributed by atoms with Gasteiger partial charge in [0.2, 0.25) is 10.0 Å². The Morgan fingerprint density at radius 3 is 2.80 bits per heavy atom. The summed E-state index contributed by atoms with van der Waals surface area (Å²) in [5.41, 5.74) is 0. The fraction of sp³-hybridized carbons (Fsp3) is 1.00. The molecule has 0 unspecified atom stereocenters. The van der Waals surface area contributed by atoms with Gasteiger partial charge in [0.1, 0.15) is 0 Å². The Labute approximate surface area is 90.8 Å². The van der Waals surface area contributed by atoms with E-state index in [0.29, 0.717) is 26.2 Å². The third-order valence-electron chi connectivity index (χ3n) is 2.84. The van der Waals surface area contributed by atoms with E-state index in [1.807, 2.05) is 7.05 Å². The first kappa shape index (κ1) is 11.3. The molecule has 5 nitrogen and oxygen atoms in total. The largest absolute Gasteiger partial charge is 0.374 e. The second-order valence-electron chi connectivity index (χ2n) is 4.15. The molecule has 0 amide bonds. The van der Waals surface area contributed by atoms with Crippen LogP contribution in [0.4, 0.5) is 0 Å². The minimum absolute atomic E-state index is 0.00252. The monoisotopic (exact) mass is 234 g/mol. The van der Waals surface area contributed by atoms with Crippen LogP contribution in [0, 0.1) is 0 Å². The van der Waals surface area contributed by atoms with Crippen molar-refractivity contribution in [3.05, 3.63) is 0 Å². The summed E-state index contributed by atoms with van der Waals surface area (Å²) in [6, 6.07) is 0. The van der Waals surface area contributed by atoms with Crippen molar-refractivity contribution in [3.8, 4) is 0 Å². The van der Waals surface area contributed by atoms with Gasteiger partial charge >= 0.3 is 0 Å². The van der Waals surface area contributed by atoms with E-state index in [-0.39, 0.29) is 11.4 Å². The lowest BCUT2D eigenvalue weighted by atomic mass is 10.3. The van der Waals surface area contributed by atoms with Crippen molar-refractivity contribution < 1.29 is 13.2 Å². The Hall–Kier alpha value is -0.170. The highest BCUT2D eigenvalue weighted by molar-refractivity contribution is 7.90. The van der Waals surface area contributed by atoms with Gasteiger partial charge in [0.25, 0.3) is 0 Å². The van der Waals surface area contributed by atoms with Crippen LogP contribution in [0.5, 0.6) is 0 Å². The highest BCUT2D eigenvalue weighted by atomic mass is 32.2. The number of ether oxygens (including phenoxy) is 1. The van der Waals surface area contributed by atoms with Crippen molar-refractivity contribution in [3.63, 3.8) is 0 Å². The fourth-order valence-corrected chi connectivity index (χ4v) is 3.71. The zero-order chi connectivity index (χ0) is 10.9. The predicted molar refractivity (Wildman–Crippen MR) is 57.2 cm³/mol. The molecule has 1 atom stereocenters. The molecule has 1 N–H and O–H groups in total. The molecule has 88 valence electrons. The van der Waals surface area contributed by atoms with E-state index in [1.54, 1.807) is 4.31 Å². The van der Waals surface area contributed by atoms with Gasteiger partial charge < -0.3 is 10.1 Å². The maximum absolute atomic E-state index is 11.9. The maximum atomic E-state index is 11.9. The molecule has 1 heterocycles. The van der Waals surface area contributed by atoms with Gasteiger partial charge in [-0.15, -0.1) is 0 Å². The standard InChI is InChI=1S/C9H18N2O3S/c1-10-6-8-7-11(4-5-14-8)15(12,13)9-2-3-9/h8-10H,2-7H2,1H3/t8-/m1/s1. The van der Waals surface area contributed by atoms with Crippen LogP contribution in [0.2, 0.25) is 0 Å². The summed E-state index contributed by atoms with van der Waals surface area (Å²) in [4.78, 5) is 0. The van der Waals surface area contributed by atoms with E-state index in [0.717, 1.165) is 12.8 Å². The molecule has 0 aromatic rings. The van der Waals surface area contributed by atoms with Gasteiger partial charge in [0, 0.05) is 19.6 Å². The second kappa shape index (κ2) is 4.37. The highest BCUT2D eigenvalue weighted by Crippen LogP contribution is 2.31. The van der Waals surface area contributed by atoms with E-state index in [9.17, 15) is 8.42 Å². The quantitative estimate of drug-likeness (QED) is 0.705. The molecule has 1 saturated carbocycles. The lowest BCUT2D eigenvalue weighted by molar-refractivity contribution is 0.000779. The highest BCUT2D eigenvalue weighted by Gasteiger charge is 2.41. The lowest BCUT2D eigenvalue weighted by Crippen LogP contribution is -2.49. The van der Waals surface area contributed by atoms with Gasteiger partial charge in [-0.05, 0) is 19.9 Å². The summed E-state index contributed by atoms with van der Waals surface area (Å²) < 4.78 is 31.0. The summed E-state index contributed by atoms with van der Waals surface area (Å²) in [7, 11) is -1.17. The average Bonchev–Trinajstić information content (AvgIpc) is 3.02. The molecule has 0 radical (unpaired) electrons. The van der Waals surface area contributed by atoms with Gasteiger partial charge in [-0.25, -0.2) is 8.42 Å². The third-order valence-corrected chi connectivity index (χ3v) is 5.20. The van der Waals surface area contributed by atoms with Crippen molar-refractivity contribution in [1.29, 1.82) is 0 Å². The molecule has 1 aliphatic heterocycles. The van der Waals surface area contributed by atoms with E-state index in [1.165, 1.54) is 0 Å². The maximum Gasteiger partial charge on any atom is 0.217 e. The normalized spacial score (nSPS) is 29.3. The Kier molecular flexibility index (Phi) is 3.30. The molecule has 1 aliphatic carbocycles. The molecule has 6 heteroatoms. The number of nitrogens with zero attached hydrogens (tertiary/aromatic N) is 1. The van der Waals surface area contributed by atoms with E-state index < -0.39 is 10.0 Å². The summed E-state index contributed by atoms with van der Waals surface area (Å²) in [5.74, 6) is 0. The minimum atomic E-state index is -3.01. The van der Waals surface area contributed by atoms with Crippen LogP contribution in [0.1, 0.15) is 12.8 Å². The van der Waals surface area contributed by atoms with Gasteiger partial charge in [-0.3, -0.25) is 0 Å². The summed E-state index contributed by atoms with van der Waals surface area (Å²) in [5, 5.41) is 2.90. The number of rotatable bonds is 4. The predicted octanol–water partition coefficient (Wildman–Crippen LogP) is -0.601. The molecule has 0 bridgehead atoms. The van der Waals surface area contributed by atoms with E-state index in [2.05, 4.69) is 5.32 Å². The minimum Gasteiger partial charge on any atom is -0.374 e. The van der Waals surface area contributed by atoms with Crippen molar-refractivity contribution in [2.45, 2.75) is 24.2 Å². The first-order valence-corrected chi connectivity index (χ1v) is 6.90. The number of morpholine rings is 1. The van der Waals surface area contributed by atoms with E-state index >= 15 is 0 Å². The SMILES string of the molecule is CNC[C@@H]1CN(S(=O)(=O)C2CC2)CCO1. The van der Waals surface area contributed by atoms with Crippen molar-refractivity contribution in [1.82, 2.24) is 9.62 Å². The Balaban J connectivity index is 1.97. The van der Waals surface area contributed by atoms with Gasteiger partial charge in [0.05, 0.1) is 18.0 Å². The first-order chi connectivity index (χ1) is 7.14. The topological polar surface area (TPSA) is 58.6 Å². The zero-order valence-electron chi connectivity index (χ0n) is 8.98. The molecular weight excluding hydrogens is 216 g/mol. The molecule has 0 aromatic carbocycles.